The number of amides is 3. The number of piperidine rings is 1. The highest BCUT2D eigenvalue weighted by molar-refractivity contribution is 6.05. The molecule has 0 spiro atoms. The van der Waals surface area contributed by atoms with Gasteiger partial charge in [0, 0.05) is 25.4 Å². The monoisotopic (exact) mass is 394 g/mol. The fourth-order valence-electron chi connectivity index (χ4n) is 3.71. The normalized spacial score (nSPS) is 20.0. The molecule has 1 fully saturated rings. The van der Waals surface area contributed by atoms with E-state index in [9.17, 15) is 14.4 Å². The van der Waals surface area contributed by atoms with Gasteiger partial charge in [-0.15, -0.1) is 12.4 Å². The number of anilines is 2. The van der Waals surface area contributed by atoms with Crippen molar-refractivity contribution in [2.75, 3.05) is 36.9 Å². The number of carbonyl (C=O) groups excluding carboxylic acids is 3. The second-order valence-electron chi connectivity index (χ2n) is 7.10. The molecular weight excluding hydrogens is 368 g/mol. The second-order valence-corrected chi connectivity index (χ2v) is 7.10. The van der Waals surface area contributed by atoms with Crippen molar-refractivity contribution in [3.63, 3.8) is 0 Å². The maximum absolute atomic E-state index is 13.0. The van der Waals surface area contributed by atoms with E-state index in [1.54, 1.807) is 18.0 Å². The van der Waals surface area contributed by atoms with Gasteiger partial charge in [0.1, 0.15) is 0 Å². The minimum atomic E-state index is -0.270. The molecule has 148 valence electrons. The summed E-state index contributed by atoms with van der Waals surface area (Å²) in [6, 6.07) is 7.01. The SMILES string of the molecule is CC1CC(=O)Nc2ccccc2N1C(=O)CN(C)C(=O)C1CCNCC1.Cl. The van der Waals surface area contributed by atoms with Gasteiger partial charge in [0.25, 0.3) is 0 Å². The standard InChI is InChI=1S/C19H26N4O3.ClH/c1-13-11-17(24)21-15-5-3-4-6-16(15)23(13)18(25)12-22(2)19(26)14-7-9-20-10-8-14;/h3-6,13-14,20H,7-12H2,1-2H3,(H,21,24);1H. The van der Waals surface area contributed by atoms with Crippen LogP contribution in [0.5, 0.6) is 0 Å². The molecule has 1 aromatic carbocycles. The van der Waals surface area contributed by atoms with Gasteiger partial charge in [-0.1, -0.05) is 12.1 Å². The van der Waals surface area contributed by atoms with E-state index in [1.807, 2.05) is 25.1 Å². The Labute approximate surface area is 165 Å². The van der Waals surface area contributed by atoms with Crippen LogP contribution in [0.4, 0.5) is 11.4 Å². The van der Waals surface area contributed by atoms with Gasteiger partial charge in [-0.25, -0.2) is 0 Å². The zero-order chi connectivity index (χ0) is 18.7. The molecule has 2 heterocycles. The summed E-state index contributed by atoms with van der Waals surface area (Å²) in [6.07, 6.45) is 1.84. The lowest BCUT2D eigenvalue weighted by Crippen LogP contribution is -2.47. The number of para-hydroxylation sites is 2. The van der Waals surface area contributed by atoms with Gasteiger partial charge in [-0.3, -0.25) is 14.4 Å². The van der Waals surface area contributed by atoms with Crippen LogP contribution in [-0.4, -0.2) is 55.3 Å². The Morgan fingerprint density at radius 1 is 1.22 bits per heavy atom. The largest absolute Gasteiger partial charge is 0.336 e. The van der Waals surface area contributed by atoms with Crippen LogP contribution in [0, 0.1) is 5.92 Å². The molecule has 0 radical (unpaired) electrons. The number of nitrogens with zero attached hydrogens (tertiary/aromatic N) is 2. The van der Waals surface area contributed by atoms with Crippen molar-refractivity contribution in [3.8, 4) is 0 Å². The van der Waals surface area contributed by atoms with Gasteiger partial charge in [0.05, 0.1) is 17.9 Å². The van der Waals surface area contributed by atoms with Crippen LogP contribution in [0.25, 0.3) is 0 Å². The van der Waals surface area contributed by atoms with Crippen molar-refractivity contribution in [2.45, 2.75) is 32.2 Å². The molecule has 7 nitrogen and oxygen atoms in total. The number of nitrogens with one attached hydrogen (secondary N) is 2. The predicted octanol–water partition coefficient (Wildman–Crippen LogP) is 1.63. The summed E-state index contributed by atoms with van der Waals surface area (Å²) in [7, 11) is 1.68. The summed E-state index contributed by atoms with van der Waals surface area (Å²) in [5, 5.41) is 6.09. The molecule has 1 aromatic rings. The maximum atomic E-state index is 13.0. The fraction of sp³-hybridized carbons (Fsp3) is 0.526. The van der Waals surface area contributed by atoms with Crippen molar-refractivity contribution in [3.05, 3.63) is 24.3 Å². The zero-order valence-corrected chi connectivity index (χ0v) is 16.6. The molecule has 0 aromatic heterocycles. The van der Waals surface area contributed by atoms with Crippen molar-refractivity contribution in [2.24, 2.45) is 5.92 Å². The molecule has 27 heavy (non-hydrogen) atoms. The predicted molar refractivity (Wildman–Crippen MR) is 107 cm³/mol. The summed E-state index contributed by atoms with van der Waals surface area (Å²) in [5.41, 5.74) is 1.31. The van der Waals surface area contributed by atoms with Crippen molar-refractivity contribution < 1.29 is 14.4 Å². The summed E-state index contributed by atoms with van der Waals surface area (Å²) in [4.78, 5) is 40.8. The van der Waals surface area contributed by atoms with Gasteiger partial charge >= 0.3 is 0 Å². The zero-order valence-electron chi connectivity index (χ0n) is 15.7. The lowest BCUT2D eigenvalue weighted by atomic mass is 9.97. The van der Waals surface area contributed by atoms with Gasteiger partial charge < -0.3 is 20.4 Å². The molecule has 8 heteroatoms. The summed E-state index contributed by atoms with van der Waals surface area (Å²) >= 11 is 0. The number of carbonyl (C=O) groups is 3. The van der Waals surface area contributed by atoms with E-state index in [2.05, 4.69) is 10.6 Å². The van der Waals surface area contributed by atoms with Gasteiger partial charge in [0.2, 0.25) is 17.7 Å². The summed E-state index contributed by atoms with van der Waals surface area (Å²) in [6.45, 7) is 3.54. The fourth-order valence-corrected chi connectivity index (χ4v) is 3.71. The molecule has 1 atom stereocenters. The minimum Gasteiger partial charge on any atom is -0.336 e. The number of benzene rings is 1. The Bertz CT molecular complexity index is 706. The van der Waals surface area contributed by atoms with E-state index in [4.69, 9.17) is 0 Å². The van der Waals surface area contributed by atoms with E-state index in [1.165, 1.54) is 4.90 Å². The smallest absolute Gasteiger partial charge is 0.246 e. The lowest BCUT2D eigenvalue weighted by molar-refractivity contribution is -0.138. The van der Waals surface area contributed by atoms with Crippen LogP contribution < -0.4 is 15.5 Å². The van der Waals surface area contributed by atoms with E-state index >= 15 is 0 Å². The molecule has 2 aliphatic heterocycles. The molecule has 2 aliphatic rings. The highest BCUT2D eigenvalue weighted by Crippen LogP contribution is 2.31. The van der Waals surface area contributed by atoms with Gasteiger partial charge in [-0.05, 0) is 45.0 Å². The van der Waals surface area contributed by atoms with E-state index in [-0.39, 0.29) is 55.1 Å². The number of hydrogen-bond donors (Lipinski definition) is 2. The first-order chi connectivity index (χ1) is 12.5. The summed E-state index contributed by atoms with van der Waals surface area (Å²) < 4.78 is 0. The Balaban J connectivity index is 0.00000261. The molecule has 3 rings (SSSR count). The first-order valence-corrected chi connectivity index (χ1v) is 9.14. The molecule has 0 aliphatic carbocycles. The molecule has 1 unspecified atom stereocenters. The molecule has 2 N–H and O–H groups in total. The third-order valence-corrected chi connectivity index (χ3v) is 5.06. The number of fused-ring (bicyclic) bond motifs is 1. The average Bonchev–Trinajstić information content (AvgIpc) is 2.75. The Morgan fingerprint density at radius 3 is 2.59 bits per heavy atom. The van der Waals surface area contributed by atoms with Crippen molar-refractivity contribution >= 4 is 41.5 Å². The molecule has 1 saturated heterocycles. The van der Waals surface area contributed by atoms with E-state index in [0.717, 1.165) is 25.9 Å². The molecule has 0 saturated carbocycles. The number of rotatable bonds is 3. The third kappa shape index (κ3) is 4.78. The van der Waals surface area contributed by atoms with Crippen LogP contribution in [0.3, 0.4) is 0 Å². The average molecular weight is 395 g/mol. The minimum absolute atomic E-state index is 0. The molecular formula is C19H27ClN4O3. The first kappa shape index (κ1) is 21.2. The quantitative estimate of drug-likeness (QED) is 0.816. The summed E-state index contributed by atoms with van der Waals surface area (Å²) in [5.74, 6) is -0.290. The molecule has 0 bridgehead atoms. The Morgan fingerprint density at radius 2 is 1.89 bits per heavy atom. The van der Waals surface area contributed by atoms with Gasteiger partial charge in [0.15, 0.2) is 0 Å². The van der Waals surface area contributed by atoms with Gasteiger partial charge in [-0.2, -0.15) is 0 Å². The number of hydrogen-bond acceptors (Lipinski definition) is 4. The first-order valence-electron chi connectivity index (χ1n) is 9.14. The van der Waals surface area contributed by atoms with E-state index < -0.39 is 0 Å². The topological polar surface area (TPSA) is 81.8 Å². The van der Waals surface area contributed by atoms with Crippen LogP contribution in [0.1, 0.15) is 26.2 Å². The highest BCUT2D eigenvalue weighted by atomic mass is 35.5. The van der Waals surface area contributed by atoms with Crippen LogP contribution >= 0.6 is 12.4 Å². The van der Waals surface area contributed by atoms with Crippen molar-refractivity contribution in [1.29, 1.82) is 0 Å². The van der Waals surface area contributed by atoms with Crippen LogP contribution in [-0.2, 0) is 14.4 Å². The lowest BCUT2D eigenvalue weighted by Gasteiger charge is -2.31. The second kappa shape index (κ2) is 9.19. The maximum Gasteiger partial charge on any atom is 0.246 e. The highest BCUT2D eigenvalue weighted by Gasteiger charge is 2.32. The number of halogens is 1. The Kier molecular flexibility index (Phi) is 7.21. The van der Waals surface area contributed by atoms with E-state index in [0.29, 0.717) is 11.4 Å². The Hall–Kier alpha value is -2.12. The molecule has 3 amide bonds. The van der Waals surface area contributed by atoms with Crippen molar-refractivity contribution in [1.82, 2.24) is 10.2 Å². The van der Waals surface area contributed by atoms with Crippen LogP contribution in [0.2, 0.25) is 0 Å². The van der Waals surface area contributed by atoms with Crippen LogP contribution in [0.15, 0.2) is 24.3 Å². The third-order valence-electron chi connectivity index (χ3n) is 5.06. The number of likely N-dealkylation sites (N-methyl/N-ethyl adjacent to an activating group) is 1.